The van der Waals surface area contributed by atoms with Gasteiger partial charge in [-0.05, 0) is 0 Å². The van der Waals surface area contributed by atoms with E-state index in [2.05, 4.69) is 6.58 Å². The van der Waals surface area contributed by atoms with Gasteiger partial charge in [0.05, 0.1) is 0 Å². The number of rotatable bonds is 1. The van der Waals surface area contributed by atoms with Gasteiger partial charge in [0.1, 0.15) is 0 Å². The second kappa shape index (κ2) is 8.83. The standard InChI is InChI=1S/C3H7Si.Li/c1-2-3-4;/h2-3H,1H2,4H3;/q-1;+1. The summed E-state index contributed by atoms with van der Waals surface area (Å²) < 4.78 is 0. The first-order chi connectivity index (χ1) is 1.91. The number of allylic oxidation sites excluding steroid dienone is 1. The van der Waals surface area contributed by atoms with Gasteiger partial charge in [0.15, 0.2) is 0 Å². The van der Waals surface area contributed by atoms with E-state index in [4.69, 9.17) is 0 Å². The average Bonchev–Trinajstić information content (AvgIpc) is 1.37. The molecule has 0 aromatic carbocycles. The third-order valence-corrected chi connectivity index (χ3v) is 0.707. The summed E-state index contributed by atoms with van der Waals surface area (Å²) in [4.78, 5) is 0. The molecule has 0 rings (SSSR count). The molecule has 0 unspecified atom stereocenters. The molecule has 0 heterocycles. The molecule has 24 valence electrons. The summed E-state index contributed by atoms with van der Waals surface area (Å²) in [5.74, 6) is 0. The van der Waals surface area contributed by atoms with Crippen LogP contribution in [0.4, 0.5) is 0 Å². The van der Waals surface area contributed by atoms with Crippen molar-refractivity contribution in [2.24, 2.45) is 0 Å². The van der Waals surface area contributed by atoms with E-state index < -0.39 is 0 Å². The van der Waals surface area contributed by atoms with Gasteiger partial charge in [-0.15, -0.1) is 0 Å². The Labute approximate surface area is 48.2 Å². The van der Waals surface area contributed by atoms with Gasteiger partial charge in [-0.25, -0.2) is 18.7 Å². The normalized spacial score (nSPS) is 4.80. The molecule has 0 amide bonds. The zero-order chi connectivity index (χ0) is 3.41. The summed E-state index contributed by atoms with van der Waals surface area (Å²) in [5.41, 5.74) is 0. The minimum Gasteiger partial charge on any atom is -0.245 e. The molecule has 0 aliphatic rings. The van der Waals surface area contributed by atoms with E-state index in [-0.39, 0.29) is 18.9 Å². The van der Waals surface area contributed by atoms with E-state index in [9.17, 15) is 0 Å². The maximum atomic E-state index is 3.46. The minimum atomic E-state index is 0. The molecule has 0 spiro atoms. The fraction of sp³-hybridized carbons (Fsp3) is 0. The van der Waals surface area contributed by atoms with E-state index in [1.54, 1.807) is 0 Å². The van der Waals surface area contributed by atoms with Crippen molar-refractivity contribution in [1.82, 2.24) is 0 Å². The Morgan fingerprint density at radius 2 is 2.00 bits per heavy atom. The van der Waals surface area contributed by atoms with Gasteiger partial charge in [0.25, 0.3) is 0 Å². The van der Waals surface area contributed by atoms with Crippen LogP contribution in [0.15, 0.2) is 12.7 Å². The SMILES string of the molecule is C=C[CH-][SiH3].[Li+]. The summed E-state index contributed by atoms with van der Waals surface area (Å²) >= 11 is 0. The van der Waals surface area contributed by atoms with E-state index in [1.165, 1.54) is 0 Å². The van der Waals surface area contributed by atoms with Crippen LogP contribution >= 0.6 is 0 Å². The predicted molar refractivity (Wildman–Crippen MR) is 24.4 cm³/mol. The molecule has 0 radical (unpaired) electrons. The van der Waals surface area contributed by atoms with Crippen LogP contribution in [0.2, 0.25) is 0 Å². The Bertz CT molecular complexity index is 20.9. The predicted octanol–water partition coefficient (Wildman–Crippen LogP) is -3.30. The Balaban J connectivity index is 0. The molecule has 0 saturated carbocycles. The van der Waals surface area contributed by atoms with Crippen molar-refractivity contribution < 1.29 is 18.9 Å². The summed E-state index contributed by atoms with van der Waals surface area (Å²) in [7, 11) is 1.15. The number of hydrogen-bond acceptors (Lipinski definition) is 0. The fourth-order valence-corrected chi connectivity index (χ4v) is 0. The van der Waals surface area contributed by atoms with Crippen LogP contribution in [-0.4, -0.2) is 10.2 Å². The molecule has 0 aliphatic carbocycles. The molecule has 0 N–H and O–H groups in total. The van der Waals surface area contributed by atoms with E-state index in [0.29, 0.717) is 0 Å². The van der Waals surface area contributed by atoms with Crippen molar-refractivity contribution in [1.29, 1.82) is 0 Å². The van der Waals surface area contributed by atoms with Gasteiger partial charge < -0.3 is 0 Å². The third-order valence-electron chi connectivity index (χ3n) is 0.236. The molecule has 0 fully saturated rings. The molecule has 0 saturated heterocycles. The van der Waals surface area contributed by atoms with Crippen molar-refractivity contribution >= 4 is 10.2 Å². The Morgan fingerprint density at radius 3 is 2.00 bits per heavy atom. The molecule has 5 heavy (non-hydrogen) atoms. The van der Waals surface area contributed by atoms with Crippen LogP contribution in [0.25, 0.3) is 0 Å². The Hall–Kier alpha value is 0.424. The Morgan fingerprint density at radius 1 is 1.80 bits per heavy atom. The zero-order valence-corrected chi connectivity index (χ0v) is 5.86. The summed E-state index contributed by atoms with van der Waals surface area (Å²) in [6, 6.07) is 2.03. The van der Waals surface area contributed by atoms with Gasteiger partial charge >= 0.3 is 18.9 Å². The molecular weight excluding hydrogens is 71.1 g/mol. The molecule has 0 aromatic heterocycles. The van der Waals surface area contributed by atoms with Crippen LogP contribution in [0.1, 0.15) is 0 Å². The van der Waals surface area contributed by atoms with Crippen molar-refractivity contribution in [3.05, 3.63) is 18.7 Å². The van der Waals surface area contributed by atoms with Crippen LogP contribution in [0.3, 0.4) is 0 Å². The van der Waals surface area contributed by atoms with Gasteiger partial charge in [-0.1, -0.05) is 10.2 Å². The second-order valence-electron chi connectivity index (χ2n) is 0.569. The van der Waals surface area contributed by atoms with Crippen LogP contribution in [-0.2, 0) is 0 Å². The molecule has 0 atom stereocenters. The molecule has 2 heteroatoms. The maximum absolute atomic E-state index is 3.46. The van der Waals surface area contributed by atoms with E-state index in [1.807, 2.05) is 12.1 Å². The summed E-state index contributed by atoms with van der Waals surface area (Å²) in [6.07, 6.45) is 1.81. The van der Waals surface area contributed by atoms with Crippen molar-refractivity contribution in [2.75, 3.05) is 0 Å². The van der Waals surface area contributed by atoms with Gasteiger partial charge in [0, 0.05) is 0 Å². The quantitative estimate of drug-likeness (QED) is 0.228. The Kier molecular flexibility index (Phi) is 16.0. The van der Waals surface area contributed by atoms with Crippen LogP contribution < -0.4 is 18.9 Å². The van der Waals surface area contributed by atoms with Crippen LogP contribution in [0.5, 0.6) is 0 Å². The molecule has 0 aromatic rings. The first-order valence-electron chi connectivity index (χ1n) is 1.32. The maximum Gasteiger partial charge on any atom is 1.00 e. The van der Waals surface area contributed by atoms with Crippen molar-refractivity contribution in [3.63, 3.8) is 0 Å². The molecular formula is C3H7LiSi. The van der Waals surface area contributed by atoms with Gasteiger partial charge in [-0.2, -0.15) is 0 Å². The number of hydrogen-bond donors (Lipinski definition) is 0. The van der Waals surface area contributed by atoms with Crippen LogP contribution in [0, 0.1) is 6.04 Å². The summed E-state index contributed by atoms with van der Waals surface area (Å²) in [6.45, 7) is 3.46. The first-order valence-corrected chi connectivity index (χ1v) is 2.47. The zero-order valence-electron chi connectivity index (χ0n) is 3.86. The average molecular weight is 78.1 g/mol. The molecule has 0 nitrogen and oxygen atoms in total. The third kappa shape index (κ3) is 12.8. The second-order valence-corrected chi connectivity index (χ2v) is 1.24. The van der Waals surface area contributed by atoms with Crippen molar-refractivity contribution in [3.8, 4) is 0 Å². The summed E-state index contributed by atoms with van der Waals surface area (Å²) in [5, 5.41) is 0. The first kappa shape index (κ1) is 9.06. The van der Waals surface area contributed by atoms with E-state index >= 15 is 0 Å². The minimum absolute atomic E-state index is 0. The van der Waals surface area contributed by atoms with Gasteiger partial charge in [0.2, 0.25) is 0 Å². The van der Waals surface area contributed by atoms with Gasteiger partial charge in [-0.3, -0.25) is 0 Å². The monoisotopic (exact) mass is 78.0 g/mol. The topological polar surface area (TPSA) is 0 Å². The molecule has 0 bridgehead atoms. The fourth-order valence-electron chi connectivity index (χ4n) is 0. The largest absolute Gasteiger partial charge is 1.00 e. The molecule has 0 aliphatic heterocycles. The van der Waals surface area contributed by atoms with E-state index in [0.717, 1.165) is 10.2 Å². The smallest absolute Gasteiger partial charge is 0.245 e. The van der Waals surface area contributed by atoms with Crippen molar-refractivity contribution in [2.45, 2.75) is 0 Å².